The molecule has 3 heterocycles. The summed E-state index contributed by atoms with van der Waals surface area (Å²) in [4.78, 5) is 8.72. The van der Waals surface area contributed by atoms with E-state index in [4.69, 9.17) is 4.52 Å². The van der Waals surface area contributed by atoms with E-state index in [0.717, 1.165) is 12.1 Å². The van der Waals surface area contributed by atoms with Gasteiger partial charge in [0.1, 0.15) is 11.6 Å². The number of aromatic nitrogens is 3. The Morgan fingerprint density at radius 3 is 2.70 bits per heavy atom. The molecule has 1 unspecified atom stereocenters. The molecule has 0 amide bonds. The first kappa shape index (κ1) is 15.9. The molecule has 0 radical (unpaired) electrons. The molecular weight excluding hydrogens is 318 g/mol. The van der Waals surface area contributed by atoms with Crippen molar-refractivity contribution in [3.05, 3.63) is 35.1 Å². The number of hydrogen-bond acceptors (Lipinski definition) is 7. The van der Waals surface area contributed by atoms with Gasteiger partial charge in [-0.05, 0) is 20.3 Å². The normalized spacial score (nSPS) is 18.7. The van der Waals surface area contributed by atoms with Gasteiger partial charge >= 0.3 is 0 Å². The lowest BCUT2D eigenvalue weighted by atomic mass is 10.0. The molecule has 0 saturated carbocycles. The van der Waals surface area contributed by atoms with E-state index in [9.17, 15) is 8.42 Å². The molecule has 1 N–H and O–H groups in total. The van der Waals surface area contributed by atoms with Crippen molar-refractivity contribution in [3.8, 4) is 0 Å². The molecular formula is C14H19N5O3S. The first-order valence-corrected chi connectivity index (χ1v) is 9.16. The third-order valence-corrected chi connectivity index (χ3v) is 5.01. The van der Waals surface area contributed by atoms with Gasteiger partial charge in [-0.2, -0.15) is 4.31 Å². The van der Waals surface area contributed by atoms with Crippen molar-refractivity contribution in [1.82, 2.24) is 19.4 Å². The maximum absolute atomic E-state index is 11.7. The molecule has 23 heavy (non-hydrogen) atoms. The Balaban J connectivity index is 1.77. The van der Waals surface area contributed by atoms with Crippen LogP contribution in [-0.2, 0) is 16.6 Å². The minimum atomic E-state index is -3.21. The summed E-state index contributed by atoms with van der Waals surface area (Å²) >= 11 is 0. The van der Waals surface area contributed by atoms with Crippen LogP contribution < -0.4 is 5.32 Å². The van der Waals surface area contributed by atoms with Crippen molar-refractivity contribution in [3.63, 3.8) is 0 Å². The van der Waals surface area contributed by atoms with E-state index >= 15 is 0 Å². The van der Waals surface area contributed by atoms with Crippen molar-refractivity contribution < 1.29 is 12.9 Å². The Labute approximate surface area is 135 Å². The molecule has 124 valence electrons. The fraction of sp³-hybridized carbons (Fsp3) is 0.500. The second-order valence-corrected chi connectivity index (χ2v) is 7.63. The van der Waals surface area contributed by atoms with E-state index in [2.05, 4.69) is 20.4 Å². The molecule has 0 aromatic carbocycles. The molecule has 1 aliphatic rings. The summed E-state index contributed by atoms with van der Waals surface area (Å²) in [6, 6.07) is 3.43. The fourth-order valence-corrected chi connectivity index (χ4v) is 3.70. The first-order chi connectivity index (χ1) is 10.8. The number of aryl methyl sites for hydroxylation is 2. The molecule has 1 saturated heterocycles. The summed E-state index contributed by atoms with van der Waals surface area (Å²) in [7, 11) is -3.21. The van der Waals surface area contributed by atoms with Gasteiger partial charge in [-0.1, -0.05) is 5.16 Å². The SMILES string of the molecule is Cc1cc(CNc2cc(C3CCN3S(C)(=O)=O)nc(C)n2)on1. The molecule has 8 nitrogen and oxygen atoms in total. The highest BCUT2D eigenvalue weighted by Gasteiger charge is 2.37. The van der Waals surface area contributed by atoms with Crippen LogP contribution in [0.4, 0.5) is 5.82 Å². The van der Waals surface area contributed by atoms with Crippen molar-refractivity contribution in [2.24, 2.45) is 0 Å². The summed E-state index contributed by atoms with van der Waals surface area (Å²) in [6.45, 7) is 4.64. The zero-order valence-corrected chi connectivity index (χ0v) is 14.1. The Kier molecular flexibility index (Phi) is 4.07. The second-order valence-electron chi connectivity index (χ2n) is 5.69. The highest BCUT2D eigenvalue weighted by Crippen LogP contribution is 2.34. The van der Waals surface area contributed by atoms with Crippen LogP contribution in [0.5, 0.6) is 0 Å². The average Bonchev–Trinajstić information content (AvgIpc) is 2.78. The van der Waals surface area contributed by atoms with E-state index in [1.165, 1.54) is 10.6 Å². The highest BCUT2D eigenvalue weighted by atomic mass is 32.2. The van der Waals surface area contributed by atoms with Crippen LogP contribution >= 0.6 is 0 Å². The van der Waals surface area contributed by atoms with E-state index in [-0.39, 0.29) is 6.04 Å². The van der Waals surface area contributed by atoms with Gasteiger partial charge in [0, 0.05) is 18.7 Å². The predicted octanol–water partition coefficient (Wildman–Crippen LogP) is 1.40. The topological polar surface area (TPSA) is 101 Å². The summed E-state index contributed by atoms with van der Waals surface area (Å²) in [5.41, 5.74) is 1.53. The standard InChI is InChI=1S/C14H19N5O3S/c1-9-6-11(22-18-9)8-15-14-7-12(16-10(2)17-14)13-4-5-19(13)23(3,20)21/h6-7,13H,4-5,8H2,1-3H3,(H,15,16,17). The van der Waals surface area contributed by atoms with Crippen LogP contribution in [0, 0.1) is 13.8 Å². The lowest BCUT2D eigenvalue weighted by molar-refractivity contribution is 0.199. The third-order valence-electron chi connectivity index (χ3n) is 3.72. The van der Waals surface area contributed by atoms with E-state index in [1.807, 2.05) is 13.0 Å². The largest absolute Gasteiger partial charge is 0.363 e. The van der Waals surface area contributed by atoms with Crippen LogP contribution in [-0.4, -0.2) is 40.6 Å². The Morgan fingerprint density at radius 1 is 1.35 bits per heavy atom. The van der Waals surface area contributed by atoms with Gasteiger partial charge < -0.3 is 9.84 Å². The van der Waals surface area contributed by atoms with Crippen molar-refractivity contribution >= 4 is 15.8 Å². The number of anilines is 1. The number of hydrogen-bond donors (Lipinski definition) is 1. The molecule has 2 aromatic heterocycles. The molecule has 0 aliphatic carbocycles. The molecule has 3 rings (SSSR count). The first-order valence-electron chi connectivity index (χ1n) is 7.31. The zero-order valence-electron chi connectivity index (χ0n) is 13.3. The van der Waals surface area contributed by atoms with Crippen LogP contribution in [0.1, 0.15) is 35.4 Å². The van der Waals surface area contributed by atoms with Crippen molar-refractivity contribution in [1.29, 1.82) is 0 Å². The number of nitrogens with one attached hydrogen (secondary N) is 1. The van der Waals surface area contributed by atoms with Crippen LogP contribution in [0.2, 0.25) is 0 Å². The number of sulfonamides is 1. The number of nitrogens with zero attached hydrogens (tertiary/aromatic N) is 4. The fourth-order valence-electron chi connectivity index (χ4n) is 2.59. The average molecular weight is 337 g/mol. The minimum absolute atomic E-state index is 0.209. The van der Waals surface area contributed by atoms with Gasteiger partial charge in [0.25, 0.3) is 0 Å². The zero-order chi connectivity index (χ0) is 16.6. The van der Waals surface area contributed by atoms with Gasteiger partial charge in [-0.3, -0.25) is 0 Å². The lowest BCUT2D eigenvalue weighted by Crippen LogP contribution is -2.44. The molecule has 9 heteroatoms. The molecule has 1 fully saturated rings. The molecule has 0 bridgehead atoms. The molecule has 0 spiro atoms. The minimum Gasteiger partial charge on any atom is -0.363 e. The number of rotatable bonds is 5. The summed E-state index contributed by atoms with van der Waals surface area (Å²) < 4.78 is 30.1. The Bertz CT molecular complexity index is 818. The Morgan fingerprint density at radius 2 is 2.13 bits per heavy atom. The van der Waals surface area contributed by atoms with Crippen LogP contribution in [0.3, 0.4) is 0 Å². The van der Waals surface area contributed by atoms with E-state index in [1.54, 1.807) is 13.0 Å². The van der Waals surface area contributed by atoms with E-state index in [0.29, 0.717) is 36.2 Å². The predicted molar refractivity (Wildman–Crippen MR) is 84.2 cm³/mol. The maximum atomic E-state index is 11.7. The van der Waals surface area contributed by atoms with Gasteiger partial charge in [-0.25, -0.2) is 18.4 Å². The maximum Gasteiger partial charge on any atom is 0.211 e. The smallest absolute Gasteiger partial charge is 0.211 e. The van der Waals surface area contributed by atoms with Gasteiger partial charge in [0.2, 0.25) is 10.0 Å². The van der Waals surface area contributed by atoms with Gasteiger partial charge in [-0.15, -0.1) is 0 Å². The molecule has 1 aliphatic heterocycles. The second kappa shape index (κ2) is 5.89. The molecule has 2 aromatic rings. The van der Waals surface area contributed by atoms with E-state index < -0.39 is 10.0 Å². The quantitative estimate of drug-likeness (QED) is 0.880. The van der Waals surface area contributed by atoms with Crippen molar-refractivity contribution in [2.75, 3.05) is 18.1 Å². The summed E-state index contributed by atoms with van der Waals surface area (Å²) in [5.74, 6) is 1.95. The van der Waals surface area contributed by atoms with Crippen molar-refractivity contribution in [2.45, 2.75) is 32.9 Å². The Hall–Kier alpha value is -2.00. The molecule has 1 atom stereocenters. The summed E-state index contributed by atoms with van der Waals surface area (Å²) in [6.07, 6.45) is 1.99. The van der Waals surface area contributed by atoms with Gasteiger partial charge in [0.15, 0.2) is 5.76 Å². The third kappa shape index (κ3) is 3.50. The lowest BCUT2D eigenvalue weighted by Gasteiger charge is -2.38. The van der Waals surface area contributed by atoms with Crippen LogP contribution in [0.25, 0.3) is 0 Å². The van der Waals surface area contributed by atoms with Gasteiger partial charge in [0.05, 0.1) is 30.2 Å². The monoisotopic (exact) mass is 337 g/mol. The summed E-state index contributed by atoms with van der Waals surface area (Å²) in [5, 5.41) is 6.99. The highest BCUT2D eigenvalue weighted by molar-refractivity contribution is 7.88. The van der Waals surface area contributed by atoms with Crippen LogP contribution in [0.15, 0.2) is 16.7 Å².